The number of carbonyl (C=O) groups is 1. The number of ether oxygens (including phenoxy) is 2. The van der Waals surface area contributed by atoms with E-state index >= 15 is 0 Å². The van der Waals surface area contributed by atoms with Crippen LogP contribution in [0, 0.1) is 5.82 Å². The quantitative estimate of drug-likeness (QED) is 0.212. The fraction of sp³-hybridized carbons (Fsp3) is 0.346. The van der Waals surface area contributed by atoms with E-state index in [4.69, 9.17) is 18.8 Å². The number of hydrogen-bond donors (Lipinski definition) is 1. The standard InChI is InChI=1S/C26H27FN2O6/c1-2-11-33-28-24(25-15-23(29-35-25)17-7-9-19(27)10-8-17)16-32-21-12-18(26(30)31)13-22(14-21)34-20-5-3-4-6-20/h7-10,12-15,20H,2-6,11,16H2,1H3,(H,30,31)/b28-24+. The third kappa shape index (κ3) is 6.59. The predicted molar refractivity (Wildman–Crippen MR) is 126 cm³/mol. The molecular formula is C26H27FN2O6. The Kier molecular flexibility index (Phi) is 7.97. The van der Waals surface area contributed by atoms with Crippen LogP contribution in [0.4, 0.5) is 4.39 Å². The highest BCUT2D eigenvalue weighted by atomic mass is 19.1. The number of aromatic carboxylic acids is 1. The molecular weight excluding hydrogens is 455 g/mol. The molecule has 0 spiro atoms. The van der Waals surface area contributed by atoms with Crippen LogP contribution in [0.5, 0.6) is 11.5 Å². The smallest absolute Gasteiger partial charge is 0.335 e. The van der Waals surface area contributed by atoms with Gasteiger partial charge in [-0.05, 0) is 68.5 Å². The van der Waals surface area contributed by atoms with Gasteiger partial charge in [0.05, 0.1) is 11.7 Å². The van der Waals surface area contributed by atoms with Gasteiger partial charge in [-0.15, -0.1) is 0 Å². The number of oxime groups is 1. The Morgan fingerprint density at radius 1 is 1.14 bits per heavy atom. The van der Waals surface area contributed by atoms with Crippen molar-refractivity contribution in [3.8, 4) is 22.8 Å². The third-order valence-electron chi connectivity index (χ3n) is 5.51. The lowest BCUT2D eigenvalue weighted by molar-refractivity contribution is 0.0695. The average Bonchev–Trinajstić information content (AvgIpc) is 3.54. The van der Waals surface area contributed by atoms with Crippen LogP contribution in [0.2, 0.25) is 0 Å². The van der Waals surface area contributed by atoms with E-state index in [1.807, 2.05) is 6.92 Å². The Morgan fingerprint density at radius 3 is 2.60 bits per heavy atom. The van der Waals surface area contributed by atoms with Gasteiger partial charge in [-0.25, -0.2) is 9.18 Å². The molecule has 1 aliphatic carbocycles. The minimum Gasteiger partial charge on any atom is -0.490 e. The van der Waals surface area contributed by atoms with Gasteiger partial charge < -0.3 is 23.9 Å². The van der Waals surface area contributed by atoms with E-state index in [-0.39, 0.29) is 24.1 Å². The van der Waals surface area contributed by atoms with E-state index < -0.39 is 5.97 Å². The molecule has 184 valence electrons. The van der Waals surface area contributed by atoms with Crippen molar-refractivity contribution in [3.05, 3.63) is 65.7 Å². The molecule has 1 fully saturated rings. The molecule has 0 saturated heterocycles. The van der Waals surface area contributed by atoms with Crippen molar-refractivity contribution in [1.29, 1.82) is 0 Å². The molecule has 0 radical (unpaired) electrons. The summed E-state index contributed by atoms with van der Waals surface area (Å²) in [6.45, 7) is 2.29. The first-order chi connectivity index (χ1) is 17.0. The van der Waals surface area contributed by atoms with E-state index in [9.17, 15) is 14.3 Å². The zero-order valence-electron chi connectivity index (χ0n) is 19.4. The van der Waals surface area contributed by atoms with E-state index in [0.29, 0.717) is 40.8 Å². The fourth-order valence-electron chi connectivity index (χ4n) is 3.72. The van der Waals surface area contributed by atoms with Crippen LogP contribution in [-0.4, -0.2) is 41.3 Å². The monoisotopic (exact) mass is 482 g/mol. The Bertz CT molecular complexity index is 1170. The SMILES string of the molecule is CCCO/N=C(\COc1cc(OC2CCCC2)cc(C(=O)O)c1)c1cc(-c2ccc(F)cc2)no1. The van der Waals surface area contributed by atoms with Crippen molar-refractivity contribution in [2.24, 2.45) is 5.16 Å². The van der Waals surface area contributed by atoms with Crippen LogP contribution in [0.15, 0.2) is 58.2 Å². The van der Waals surface area contributed by atoms with E-state index in [2.05, 4.69) is 10.3 Å². The molecule has 1 saturated carbocycles. The van der Waals surface area contributed by atoms with Gasteiger partial charge in [0.2, 0.25) is 0 Å². The number of halogens is 1. The molecule has 9 heteroatoms. The highest BCUT2D eigenvalue weighted by Gasteiger charge is 2.19. The average molecular weight is 483 g/mol. The molecule has 1 aliphatic rings. The summed E-state index contributed by atoms with van der Waals surface area (Å²) in [6.07, 6.45) is 4.92. The first-order valence-electron chi connectivity index (χ1n) is 11.6. The molecule has 1 heterocycles. The summed E-state index contributed by atoms with van der Waals surface area (Å²) < 4.78 is 30.6. The third-order valence-corrected chi connectivity index (χ3v) is 5.51. The van der Waals surface area contributed by atoms with Crippen molar-refractivity contribution in [2.45, 2.75) is 45.1 Å². The minimum absolute atomic E-state index is 0.0618. The summed E-state index contributed by atoms with van der Waals surface area (Å²) >= 11 is 0. The summed E-state index contributed by atoms with van der Waals surface area (Å²) in [4.78, 5) is 17.0. The van der Waals surface area contributed by atoms with Crippen molar-refractivity contribution in [2.75, 3.05) is 13.2 Å². The van der Waals surface area contributed by atoms with Gasteiger partial charge in [-0.3, -0.25) is 0 Å². The topological polar surface area (TPSA) is 103 Å². The fourth-order valence-corrected chi connectivity index (χ4v) is 3.72. The van der Waals surface area contributed by atoms with Crippen LogP contribution >= 0.6 is 0 Å². The summed E-state index contributed by atoms with van der Waals surface area (Å²) in [5.74, 6) is -0.339. The van der Waals surface area contributed by atoms with Gasteiger partial charge in [0, 0.05) is 17.7 Å². The van der Waals surface area contributed by atoms with Gasteiger partial charge in [0.25, 0.3) is 0 Å². The first kappa shape index (κ1) is 24.3. The van der Waals surface area contributed by atoms with Gasteiger partial charge in [0.1, 0.15) is 36.2 Å². The van der Waals surface area contributed by atoms with Crippen LogP contribution in [0.3, 0.4) is 0 Å². The van der Waals surface area contributed by atoms with E-state index in [0.717, 1.165) is 32.1 Å². The number of carboxylic acid groups (broad SMARTS) is 1. The number of hydrogen-bond acceptors (Lipinski definition) is 7. The highest BCUT2D eigenvalue weighted by Crippen LogP contribution is 2.29. The summed E-state index contributed by atoms with van der Waals surface area (Å²) in [5, 5.41) is 17.7. The summed E-state index contributed by atoms with van der Waals surface area (Å²) in [6, 6.07) is 12.1. The molecule has 0 atom stereocenters. The molecule has 35 heavy (non-hydrogen) atoms. The van der Waals surface area contributed by atoms with Gasteiger partial charge in [-0.1, -0.05) is 17.2 Å². The number of rotatable bonds is 11. The molecule has 1 aromatic heterocycles. The van der Waals surface area contributed by atoms with Crippen LogP contribution in [-0.2, 0) is 4.84 Å². The Hall–Kier alpha value is -3.88. The molecule has 1 N–H and O–H groups in total. The number of nitrogens with zero attached hydrogens (tertiary/aromatic N) is 2. The molecule has 8 nitrogen and oxygen atoms in total. The normalized spacial score (nSPS) is 14.2. The maximum atomic E-state index is 13.2. The van der Waals surface area contributed by atoms with Crippen molar-refractivity contribution in [1.82, 2.24) is 5.16 Å². The van der Waals surface area contributed by atoms with Crippen molar-refractivity contribution >= 4 is 11.7 Å². The largest absolute Gasteiger partial charge is 0.490 e. The Labute approximate surface area is 202 Å². The van der Waals surface area contributed by atoms with Crippen LogP contribution in [0.25, 0.3) is 11.3 Å². The second-order valence-electron chi connectivity index (χ2n) is 8.27. The van der Waals surface area contributed by atoms with Crippen LogP contribution < -0.4 is 9.47 Å². The lowest BCUT2D eigenvalue weighted by atomic mass is 10.1. The minimum atomic E-state index is -1.08. The lowest BCUT2D eigenvalue weighted by Gasteiger charge is -2.15. The molecule has 0 bridgehead atoms. The van der Waals surface area contributed by atoms with Crippen molar-refractivity contribution < 1.29 is 33.1 Å². The number of aromatic nitrogens is 1. The molecule has 0 unspecified atom stereocenters. The van der Waals surface area contributed by atoms with Gasteiger partial charge >= 0.3 is 5.97 Å². The second-order valence-corrected chi connectivity index (χ2v) is 8.27. The van der Waals surface area contributed by atoms with Crippen molar-refractivity contribution in [3.63, 3.8) is 0 Å². The maximum Gasteiger partial charge on any atom is 0.335 e. The van der Waals surface area contributed by atoms with Crippen LogP contribution in [0.1, 0.15) is 55.1 Å². The molecule has 0 amide bonds. The van der Waals surface area contributed by atoms with E-state index in [1.165, 1.54) is 24.3 Å². The molecule has 3 aromatic rings. The molecule has 2 aromatic carbocycles. The summed E-state index contributed by atoms with van der Waals surface area (Å²) in [7, 11) is 0. The Morgan fingerprint density at radius 2 is 1.89 bits per heavy atom. The van der Waals surface area contributed by atoms with E-state index in [1.54, 1.807) is 24.3 Å². The zero-order chi connectivity index (χ0) is 24.6. The summed E-state index contributed by atoms with van der Waals surface area (Å²) in [5.41, 5.74) is 1.58. The lowest BCUT2D eigenvalue weighted by Crippen LogP contribution is -2.15. The molecule has 4 rings (SSSR count). The Balaban J connectivity index is 1.53. The number of carboxylic acids is 1. The second kappa shape index (κ2) is 11.5. The zero-order valence-corrected chi connectivity index (χ0v) is 19.4. The van der Waals surface area contributed by atoms with Gasteiger partial charge in [0.15, 0.2) is 11.5 Å². The molecule has 0 aliphatic heterocycles. The first-order valence-corrected chi connectivity index (χ1v) is 11.6. The van der Waals surface area contributed by atoms with Gasteiger partial charge in [-0.2, -0.15) is 0 Å². The maximum absolute atomic E-state index is 13.2. The predicted octanol–water partition coefficient (Wildman–Crippen LogP) is 5.71. The number of benzene rings is 2. The highest BCUT2D eigenvalue weighted by molar-refractivity contribution is 5.99.